The number of fused-ring (bicyclic) bond motifs is 1. The second-order valence-corrected chi connectivity index (χ2v) is 7.24. The van der Waals surface area contributed by atoms with E-state index in [1.54, 1.807) is 24.3 Å². The molecular weight excluding hydrogens is 396 g/mol. The third-order valence-corrected chi connectivity index (χ3v) is 5.12. The first-order chi connectivity index (χ1) is 15.1. The number of Topliss-reactive ketones (excluding diaryl/α,β-unsaturated/α-hetero) is 1. The Labute approximate surface area is 180 Å². The van der Waals surface area contributed by atoms with Gasteiger partial charge in [-0.15, -0.1) is 0 Å². The van der Waals surface area contributed by atoms with Gasteiger partial charge in [0.15, 0.2) is 17.3 Å². The van der Waals surface area contributed by atoms with Gasteiger partial charge in [-0.05, 0) is 48.2 Å². The summed E-state index contributed by atoms with van der Waals surface area (Å²) in [6.07, 6.45) is -0.0148. The maximum Gasteiger partial charge on any atom is 0.231 e. The predicted molar refractivity (Wildman–Crippen MR) is 111 cm³/mol. The van der Waals surface area contributed by atoms with E-state index in [0.29, 0.717) is 29.4 Å². The summed E-state index contributed by atoms with van der Waals surface area (Å²) >= 11 is 0. The summed E-state index contributed by atoms with van der Waals surface area (Å²) in [7, 11) is 0. The van der Waals surface area contributed by atoms with Crippen LogP contribution in [0, 0.1) is 0 Å². The van der Waals surface area contributed by atoms with Gasteiger partial charge >= 0.3 is 0 Å². The monoisotopic (exact) mass is 417 g/mol. The van der Waals surface area contributed by atoms with Gasteiger partial charge in [0, 0.05) is 17.5 Å². The highest BCUT2D eigenvalue weighted by Gasteiger charge is 2.22. The van der Waals surface area contributed by atoms with Crippen molar-refractivity contribution in [1.82, 2.24) is 0 Å². The van der Waals surface area contributed by atoms with Crippen molar-refractivity contribution < 1.29 is 28.9 Å². The summed E-state index contributed by atoms with van der Waals surface area (Å²) in [5, 5.41) is 11.0. The first kappa shape index (κ1) is 20.5. The van der Waals surface area contributed by atoms with Crippen LogP contribution >= 0.6 is 0 Å². The molecular formula is C25H21O6-. The Morgan fingerprint density at radius 1 is 0.935 bits per heavy atom. The zero-order valence-electron chi connectivity index (χ0n) is 16.8. The zero-order chi connectivity index (χ0) is 21.6. The van der Waals surface area contributed by atoms with E-state index in [1.165, 1.54) is 0 Å². The molecule has 3 aromatic carbocycles. The Bertz CT molecular complexity index is 1080. The lowest BCUT2D eigenvalue weighted by Gasteiger charge is -2.17. The van der Waals surface area contributed by atoms with Crippen molar-refractivity contribution in [1.29, 1.82) is 0 Å². The van der Waals surface area contributed by atoms with Crippen molar-refractivity contribution in [2.45, 2.75) is 25.4 Å². The summed E-state index contributed by atoms with van der Waals surface area (Å²) in [5.41, 5.74) is 2.16. The molecule has 1 unspecified atom stereocenters. The topological polar surface area (TPSA) is 84.9 Å². The van der Waals surface area contributed by atoms with Crippen LogP contribution in [0.3, 0.4) is 0 Å². The Balaban J connectivity index is 1.49. The van der Waals surface area contributed by atoms with Crippen LogP contribution in [0.2, 0.25) is 0 Å². The average Bonchev–Trinajstić information content (AvgIpc) is 3.26. The number of ether oxygens (including phenoxy) is 3. The van der Waals surface area contributed by atoms with E-state index in [4.69, 9.17) is 14.2 Å². The number of carboxylic acids is 1. The number of carbonyl (C=O) groups is 2. The highest BCUT2D eigenvalue weighted by atomic mass is 16.7. The third kappa shape index (κ3) is 5.04. The molecule has 1 aliphatic rings. The van der Waals surface area contributed by atoms with E-state index in [1.807, 2.05) is 48.5 Å². The molecule has 1 heterocycles. The molecule has 4 rings (SSSR count). The minimum atomic E-state index is -1.17. The Morgan fingerprint density at radius 2 is 1.74 bits per heavy atom. The molecule has 0 saturated carbocycles. The Morgan fingerprint density at radius 3 is 2.55 bits per heavy atom. The molecule has 3 aromatic rings. The van der Waals surface area contributed by atoms with Gasteiger partial charge in [0.25, 0.3) is 0 Å². The van der Waals surface area contributed by atoms with Crippen LogP contribution in [0.1, 0.15) is 40.2 Å². The fourth-order valence-electron chi connectivity index (χ4n) is 3.53. The second kappa shape index (κ2) is 9.34. The second-order valence-electron chi connectivity index (χ2n) is 7.24. The summed E-state index contributed by atoms with van der Waals surface area (Å²) < 4.78 is 16.6. The number of hydrogen-bond acceptors (Lipinski definition) is 6. The van der Waals surface area contributed by atoms with Gasteiger partial charge in [-0.25, -0.2) is 0 Å². The molecule has 0 aromatic heterocycles. The molecule has 0 aliphatic carbocycles. The SMILES string of the molecule is O=C([O-])CCC(C(=O)c1cccc(OCc2ccc3c(c2)OCO3)c1)c1ccccc1. The zero-order valence-corrected chi connectivity index (χ0v) is 16.8. The van der Waals surface area contributed by atoms with Crippen LogP contribution in [0.15, 0.2) is 72.8 Å². The van der Waals surface area contributed by atoms with E-state index >= 15 is 0 Å². The van der Waals surface area contributed by atoms with Gasteiger partial charge in [-0.1, -0.05) is 48.5 Å². The van der Waals surface area contributed by atoms with Crippen molar-refractivity contribution in [3.63, 3.8) is 0 Å². The van der Waals surface area contributed by atoms with Gasteiger partial charge < -0.3 is 24.1 Å². The van der Waals surface area contributed by atoms with Crippen molar-refractivity contribution in [3.8, 4) is 17.2 Å². The van der Waals surface area contributed by atoms with Gasteiger partial charge in [-0.2, -0.15) is 0 Å². The van der Waals surface area contributed by atoms with E-state index in [2.05, 4.69) is 0 Å². The highest BCUT2D eigenvalue weighted by Crippen LogP contribution is 2.33. The summed E-state index contributed by atoms with van der Waals surface area (Å²) in [4.78, 5) is 24.2. The molecule has 0 saturated heterocycles. The standard InChI is InChI=1S/C25H22O6/c26-24(27)12-10-21(18-5-2-1-3-6-18)25(28)19-7-4-8-20(14-19)29-15-17-9-11-22-23(13-17)31-16-30-22/h1-9,11,13-14,21H,10,12,15-16H2,(H,26,27)/p-1. The Kier molecular flexibility index (Phi) is 6.17. The van der Waals surface area contributed by atoms with E-state index in [-0.39, 0.29) is 25.4 Å². The van der Waals surface area contributed by atoms with Crippen molar-refractivity contribution in [3.05, 3.63) is 89.5 Å². The van der Waals surface area contributed by atoms with Gasteiger partial charge in [0.05, 0.1) is 0 Å². The van der Waals surface area contributed by atoms with Crippen LogP contribution < -0.4 is 19.3 Å². The van der Waals surface area contributed by atoms with Crippen molar-refractivity contribution in [2.75, 3.05) is 6.79 Å². The maximum atomic E-state index is 13.2. The first-order valence-electron chi connectivity index (χ1n) is 10.0. The van der Waals surface area contributed by atoms with Crippen molar-refractivity contribution >= 4 is 11.8 Å². The van der Waals surface area contributed by atoms with E-state index < -0.39 is 11.9 Å². The number of aliphatic carboxylic acids is 1. The molecule has 6 nitrogen and oxygen atoms in total. The Hall–Kier alpha value is -3.80. The van der Waals surface area contributed by atoms with Crippen LogP contribution in [0.5, 0.6) is 17.2 Å². The summed E-state index contributed by atoms with van der Waals surface area (Å²) in [5.74, 6) is 0.0532. The number of hydrogen-bond donors (Lipinski definition) is 0. The van der Waals surface area contributed by atoms with Crippen LogP contribution in [0.4, 0.5) is 0 Å². The van der Waals surface area contributed by atoms with Gasteiger partial charge in [0.1, 0.15) is 12.4 Å². The third-order valence-electron chi connectivity index (χ3n) is 5.12. The maximum absolute atomic E-state index is 13.2. The molecule has 1 atom stereocenters. The van der Waals surface area contributed by atoms with Crippen LogP contribution in [0.25, 0.3) is 0 Å². The van der Waals surface area contributed by atoms with Crippen LogP contribution in [-0.2, 0) is 11.4 Å². The molecule has 0 bridgehead atoms. The van der Waals surface area contributed by atoms with Gasteiger partial charge in [0.2, 0.25) is 6.79 Å². The summed E-state index contributed by atoms with van der Waals surface area (Å²) in [6.45, 7) is 0.519. The quantitative estimate of drug-likeness (QED) is 0.496. The van der Waals surface area contributed by atoms with E-state index in [0.717, 1.165) is 11.1 Å². The molecule has 0 fully saturated rings. The lowest BCUT2D eigenvalue weighted by molar-refractivity contribution is -0.305. The minimum absolute atomic E-state index is 0.152. The van der Waals surface area contributed by atoms with E-state index in [9.17, 15) is 14.7 Å². The average molecular weight is 417 g/mol. The highest BCUT2D eigenvalue weighted by molar-refractivity contribution is 6.01. The normalized spacial score (nSPS) is 12.9. The van der Waals surface area contributed by atoms with Crippen LogP contribution in [-0.4, -0.2) is 18.5 Å². The number of ketones is 1. The van der Waals surface area contributed by atoms with Gasteiger partial charge in [-0.3, -0.25) is 4.79 Å². The molecule has 0 spiro atoms. The smallest absolute Gasteiger partial charge is 0.231 e. The number of rotatable bonds is 9. The predicted octanol–water partition coefficient (Wildman–Crippen LogP) is 3.49. The lowest BCUT2D eigenvalue weighted by atomic mass is 9.87. The minimum Gasteiger partial charge on any atom is -0.550 e. The molecule has 0 amide bonds. The molecule has 31 heavy (non-hydrogen) atoms. The van der Waals surface area contributed by atoms with Crippen molar-refractivity contribution in [2.24, 2.45) is 0 Å². The molecule has 0 radical (unpaired) electrons. The fourth-order valence-corrected chi connectivity index (χ4v) is 3.53. The molecule has 158 valence electrons. The molecule has 1 aliphatic heterocycles. The largest absolute Gasteiger partial charge is 0.550 e. The molecule has 6 heteroatoms. The fraction of sp³-hybridized carbons (Fsp3) is 0.200. The lowest BCUT2D eigenvalue weighted by Crippen LogP contribution is -2.24. The number of carboxylic acid groups (broad SMARTS) is 1. The first-order valence-corrected chi connectivity index (χ1v) is 10.0. The molecule has 0 N–H and O–H groups in total. The summed E-state index contributed by atoms with van der Waals surface area (Å²) in [6, 6.07) is 21.7. The number of carbonyl (C=O) groups excluding carboxylic acids is 2. The number of benzene rings is 3.